The second kappa shape index (κ2) is 6.02. The molecule has 1 aromatic heterocycles. The second-order valence-electron chi connectivity index (χ2n) is 3.91. The number of amides is 1. The molecule has 0 aliphatic carbocycles. The van der Waals surface area contributed by atoms with E-state index in [1.54, 1.807) is 35.6 Å². The van der Waals surface area contributed by atoms with E-state index >= 15 is 0 Å². The lowest BCUT2D eigenvalue weighted by atomic mass is 10.2. The molecule has 4 heteroatoms. The molecule has 0 aliphatic heterocycles. The SMILES string of the molecule is NC(=O)c1ccccc1N.c1ccc2sccc2c1. The summed E-state index contributed by atoms with van der Waals surface area (Å²) in [7, 11) is 0. The second-order valence-corrected chi connectivity index (χ2v) is 4.86. The summed E-state index contributed by atoms with van der Waals surface area (Å²) in [5.41, 5.74) is 11.2. The summed E-state index contributed by atoms with van der Waals surface area (Å²) in [4.78, 5) is 10.6. The van der Waals surface area contributed by atoms with E-state index in [0.29, 0.717) is 11.3 Å². The lowest BCUT2D eigenvalue weighted by Gasteiger charge is -1.97. The predicted molar refractivity (Wildman–Crippen MR) is 81.2 cm³/mol. The van der Waals surface area contributed by atoms with E-state index in [-0.39, 0.29) is 0 Å². The van der Waals surface area contributed by atoms with Gasteiger partial charge in [0.2, 0.25) is 0 Å². The highest BCUT2D eigenvalue weighted by Crippen LogP contribution is 2.18. The highest BCUT2D eigenvalue weighted by Gasteiger charge is 2.01. The number of primary amides is 1. The van der Waals surface area contributed by atoms with Crippen LogP contribution in [0.3, 0.4) is 0 Å². The fraction of sp³-hybridized carbons (Fsp3) is 0. The number of anilines is 1. The number of rotatable bonds is 1. The minimum absolute atomic E-state index is 0.377. The first-order chi connectivity index (χ1) is 9.18. The standard InChI is InChI=1S/C8H6S.C7H8N2O/c1-2-4-8-7(3-1)5-6-9-8;8-6-4-2-1-3-5(6)7(9)10/h1-6H;1-4H,8H2,(H2,9,10). The van der Waals surface area contributed by atoms with Crippen molar-refractivity contribution in [1.82, 2.24) is 0 Å². The molecule has 0 unspecified atom stereocenters. The van der Waals surface area contributed by atoms with Crippen molar-refractivity contribution < 1.29 is 4.79 Å². The van der Waals surface area contributed by atoms with E-state index in [1.807, 2.05) is 0 Å². The number of thiophene rings is 1. The number of nitrogen functional groups attached to an aromatic ring is 1. The topological polar surface area (TPSA) is 69.1 Å². The van der Waals surface area contributed by atoms with E-state index < -0.39 is 5.91 Å². The van der Waals surface area contributed by atoms with Crippen molar-refractivity contribution in [3.8, 4) is 0 Å². The van der Waals surface area contributed by atoms with Crippen LogP contribution >= 0.6 is 11.3 Å². The zero-order valence-corrected chi connectivity index (χ0v) is 11.1. The van der Waals surface area contributed by atoms with Crippen LogP contribution in [0.5, 0.6) is 0 Å². The molecule has 0 atom stereocenters. The fourth-order valence-corrected chi connectivity index (χ4v) is 2.42. The normalized spacial score (nSPS) is 9.68. The predicted octanol–water partition coefficient (Wildman–Crippen LogP) is 3.27. The van der Waals surface area contributed by atoms with Crippen LogP contribution in [0.25, 0.3) is 10.1 Å². The van der Waals surface area contributed by atoms with Crippen molar-refractivity contribution in [2.75, 3.05) is 5.73 Å². The Balaban J connectivity index is 0.000000141. The van der Waals surface area contributed by atoms with Gasteiger partial charge in [0, 0.05) is 10.4 Å². The molecule has 0 bridgehead atoms. The molecule has 0 saturated heterocycles. The van der Waals surface area contributed by atoms with Gasteiger partial charge in [-0.15, -0.1) is 11.3 Å². The van der Waals surface area contributed by atoms with Crippen molar-refractivity contribution in [2.24, 2.45) is 5.73 Å². The number of hydrogen-bond acceptors (Lipinski definition) is 3. The number of hydrogen-bond donors (Lipinski definition) is 2. The Morgan fingerprint density at radius 2 is 1.63 bits per heavy atom. The van der Waals surface area contributed by atoms with E-state index in [9.17, 15) is 4.79 Å². The summed E-state index contributed by atoms with van der Waals surface area (Å²) in [5, 5.41) is 3.47. The average molecular weight is 270 g/mol. The smallest absolute Gasteiger partial charge is 0.250 e. The molecule has 0 saturated carbocycles. The number of benzene rings is 2. The number of para-hydroxylation sites is 1. The lowest BCUT2D eigenvalue weighted by Crippen LogP contribution is -2.12. The number of carbonyl (C=O) groups is 1. The fourth-order valence-electron chi connectivity index (χ4n) is 1.63. The Morgan fingerprint density at radius 1 is 0.947 bits per heavy atom. The van der Waals surface area contributed by atoms with E-state index in [0.717, 1.165) is 0 Å². The van der Waals surface area contributed by atoms with Gasteiger partial charge in [-0.25, -0.2) is 0 Å². The average Bonchev–Trinajstić information content (AvgIpc) is 2.88. The Hall–Kier alpha value is -2.33. The van der Waals surface area contributed by atoms with Crippen molar-refractivity contribution in [3.05, 3.63) is 65.5 Å². The van der Waals surface area contributed by atoms with Gasteiger partial charge in [0.1, 0.15) is 0 Å². The maximum Gasteiger partial charge on any atom is 0.250 e. The third kappa shape index (κ3) is 3.33. The monoisotopic (exact) mass is 270 g/mol. The Bertz CT molecular complexity index is 661. The van der Waals surface area contributed by atoms with Gasteiger partial charge >= 0.3 is 0 Å². The molecule has 0 aliphatic rings. The number of fused-ring (bicyclic) bond motifs is 1. The van der Waals surface area contributed by atoms with E-state index in [4.69, 9.17) is 11.5 Å². The molecular weight excluding hydrogens is 256 g/mol. The Morgan fingerprint density at radius 3 is 2.26 bits per heavy atom. The molecule has 2 aromatic carbocycles. The molecule has 19 heavy (non-hydrogen) atoms. The highest BCUT2D eigenvalue weighted by molar-refractivity contribution is 7.17. The molecule has 1 amide bonds. The van der Waals surface area contributed by atoms with Crippen LogP contribution in [0.15, 0.2) is 60.0 Å². The summed E-state index contributed by atoms with van der Waals surface area (Å²) < 4.78 is 1.37. The molecule has 96 valence electrons. The minimum atomic E-state index is -0.488. The molecule has 4 N–H and O–H groups in total. The molecule has 0 fully saturated rings. The quantitative estimate of drug-likeness (QED) is 0.666. The van der Waals surface area contributed by atoms with Crippen LogP contribution in [-0.2, 0) is 0 Å². The Labute approximate surface area is 115 Å². The maximum atomic E-state index is 10.6. The van der Waals surface area contributed by atoms with Gasteiger partial charge in [0.15, 0.2) is 0 Å². The van der Waals surface area contributed by atoms with Gasteiger partial charge in [0.25, 0.3) is 5.91 Å². The molecule has 1 heterocycles. The molecule has 3 aromatic rings. The van der Waals surface area contributed by atoms with Crippen LogP contribution < -0.4 is 11.5 Å². The van der Waals surface area contributed by atoms with Gasteiger partial charge in [-0.3, -0.25) is 4.79 Å². The van der Waals surface area contributed by atoms with Gasteiger partial charge in [-0.2, -0.15) is 0 Å². The van der Waals surface area contributed by atoms with Gasteiger partial charge in [-0.05, 0) is 35.0 Å². The minimum Gasteiger partial charge on any atom is -0.398 e. The third-order valence-electron chi connectivity index (χ3n) is 2.59. The summed E-state index contributed by atoms with van der Waals surface area (Å²) >= 11 is 1.79. The third-order valence-corrected chi connectivity index (χ3v) is 3.49. The van der Waals surface area contributed by atoms with Crippen LogP contribution in [0.1, 0.15) is 10.4 Å². The highest BCUT2D eigenvalue weighted by atomic mass is 32.1. The summed E-state index contributed by atoms with van der Waals surface area (Å²) in [6, 6.07) is 17.2. The van der Waals surface area contributed by atoms with E-state index in [2.05, 4.69) is 35.7 Å². The zero-order valence-electron chi connectivity index (χ0n) is 10.2. The van der Waals surface area contributed by atoms with Crippen molar-refractivity contribution in [1.29, 1.82) is 0 Å². The number of nitrogens with two attached hydrogens (primary N) is 2. The summed E-state index contributed by atoms with van der Waals surface area (Å²) in [6.07, 6.45) is 0. The zero-order chi connectivity index (χ0) is 13.7. The molecular formula is C15H14N2OS. The maximum absolute atomic E-state index is 10.6. The van der Waals surface area contributed by atoms with Crippen LogP contribution in [0.4, 0.5) is 5.69 Å². The van der Waals surface area contributed by atoms with Crippen molar-refractivity contribution >= 4 is 33.0 Å². The van der Waals surface area contributed by atoms with Crippen LogP contribution in [-0.4, -0.2) is 5.91 Å². The first kappa shape index (κ1) is 13.1. The lowest BCUT2D eigenvalue weighted by molar-refractivity contribution is 0.100. The molecule has 3 nitrogen and oxygen atoms in total. The van der Waals surface area contributed by atoms with Crippen molar-refractivity contribution in [3.63, 3.8) is 0 Å². The summed E-state index contributed by atoms with van der Waals surface area (Å²) in [6.45, 7) is 0. The first-order valence-corrected chi connectivity index (χ1v) is 6.63. The van der Waals surface area contributed by atoms with Gasteiger partial charge in [-0.1, -0.05) is 30.3 Å². The first-order valence-electron chi connectivity index (χ1n) is 5.75. The van der Waals surface area contributed by atoms with Crippen LogP contribution in [0.2, 0.25) is 0 Å². The van der Waals surface area contributed by atoms with Gasteiger partial charge in [0.05, 0.1) is 5.56 Å². The van der Waals surface area contributed by atoms with Crippen LogP contribution in [0, 0.1) is 0 Å². The van der Waals surface area contributed by atoms with E-state index in [1.165, 1.54) is 10.1 Å². The Kier molecular flexibility index (Phi) is 4.15. The largest absolute Gasteiger partial charge is 0.398 e. The molecule has 0 radical (unpaired) electrons. The van der Waals surface area contributed by atoms with Gasteiger partial charge < -0.3 is 11.5 Å². The van der Waals surface area contributed by atoms with Crippen molar-refractivity contribution in [2.45, 2.75) is 0 Å². The number of carbonyl (C=O) groups excluding carboxylic acids is 1. The summed E-state index contributed by atoms with van der Waals surface area (Å²) in [5.74, 6) is -0.488. The molecule has 0 spiro atoms. The molecule has 3 rings (SSSR count).